The fourth-order valence-electron chi connectivity index (χ4n) is 0.929. The van der Waals surface area contributed by atoms with Crippen LogP contribution in [0.4, 0.5) is 13.2 Å². The highest BCUT2D eigenvalue weighted by molar-refractivity contribution is 6.31. The average molecular weight is 227 g/mol. The van der Waals surface area contributed by atoms with E-state index in [1.807, 2.05) is 0 Å². The SMILES string of the molecule is OCc1c(OC(F)F)ccc(F)c1Cl. The highest BCUT2D eigenvalue weighted by Gasteiger charge is 2.14. The Bertz CT molecular complexity index is 331. The maximum absolute atomic E-state index is 12.8. The van der Waals surface area contributed by atoms with E-state index in [-0.39, 0.29) is 11.3 Å². The Labute approximate surface area is 82.9 Å². The van der Waals surface area contributed by atoms with Gasteiger partial charge in [0.2, 0.25) is 0 Å². The molecule has 14 heavy (non-hydrogen) atoms. The number of aliphatic hydroxyl groups is 1. The zero-order valence-corrected chi connectivity index (χ0v) is 7.56. The first-order valence-corrected chi connectivity index (χ1v) is 3.96. The summed E-state index contributed by atoms with van der Waals surface area (Å²) >= 11 is 5.42. The van der Waals surface area contributed by atoms with Crippen LogP contribution in [0.25, 0.3) is 0 Å². The standard InChI is InChI=1S/C8H6ClF3O2/c9-7-4(3-13)6(14-8(11)12)2-1-5(7)10/h1-2,8,13H,3H2. The Balaban J connectivity index is 3.10. The summed E-state index contributed by atoms with van der Waals surface area (Å²) in [5.41, 5.74) is -0.188. The van der Waals surface area contributed by atoms with Crippen LogP contribution in [0.3, 0.4) is 0 Å². The van der Waals surface area contributed by atoms with E-state index >= 15 is 0 Å². The first-order valence-electron chi connectivity index (χ1n) is 3.58. The molecule has 0 atom stereocenters. The molecule has 2 nitrogen and oxygen atoms in total. The minimum Gasteiger partial charge on any atom is -0.434 e. The average Bonchev–Trinajstić information content (AvgIpc) is 2.11. The summed E-state index contributed by atoms with van der Waals surface area (Å²) in [4.78, 5) is 0. The Hall–Kier alpha value is -0.940. The summed E-state index contributed by atoms with van der Waals surface area (Å²) in [5.74, 6) is -1.12. The summed E-state index contributed by atoms with van der Waals surface area (Å²) < 4.78 is 40.5. The number of ether oxygens (including phenoxy) is 1. The molecule has 0 aromatic heterocycles. The maximum Gasteiger partial charge on any atom is 0.387 e. The third-order valence-corrected chi connectivity index (χ3v) is 1.94. The van der Waals surface area contributed by atoms with Gasteiger partial charge in [0, 0.05) is 5.56 Å². The number of aliphatic hydroxyl groups excluding tert-OH is 1. The number of benzene rings is 1. The van der Waals surface area contributed by atoms with Gasteiger partial charge >= 0.3 is 6.61 Å². The Kier molecular flexibility index (Phi) is 3.60. The van der Waals surface area contributed by atoms with E-state index in [4.69, 9.17) is 16.7 Å². The van der Waals surface area contributed by atoms with Crippen molar-refractivity contribution in [3.8, 4) is 5.75 Å². The molecule has 0 amide bonds. The Morgan fingerprint density at radius 3 is 2.57 bits per heavy atom. The van der Waals surface area contributed by atoms with Gasteiger partial charge in [-0.15, -0.1) is 0 Å². The van der Waals surface area contributed by atoms with Gasteiger partial charge in [0.05, 0.1) is 11.6 Å². The molecular weight excluding hydrogens is 221 g/mol. The second kappa shape index (κ2) is 4.52. The van der Waals surface area contributed by atoms with Gasteiger partial charge < -0.3 is 9.84 Å². The van der Waals surface area contributed by atoms with E-state index in [1.165, 1.54) is 0 Å². The Morgan fingerprint density at radius 2 is 2.07 bits per heavy atom. The smallest absolute Gasteiger partial charge is 0.387 e. The molecule has 0 saturated carbocycles. The predicted molar refractivity (Wildman–Crippen MR) is 44.0 cm³/mol. The summed E-state index contributed by atoms with van der Waals surface area (Å²) in [6.07, 6.45) is 0. The molecule has 0 saturated heterocycles. The second-order valence-corrected chi connectivity index (χ2v) is 2.75. The summed E-state index contributed by atoms with van der Waals surface area (Å²) in [5, 5.41) is 8.35. The van der Waals surface area contributed by atoms with Crippen molar-refractivity contribution in [1.82, 2.24) is 0 Å². The van der Waals surface area contributed by atoms with Crippen molar-refractivity contribution < 1.29 is 23.0 Å². The van der Waals surface area contributed by atoms with Gasteiger partial charge in [-0.3, -0.25) is 0 Å². The van der Waals surface area contributed by atoms with E-state index in [0.717, 1.165) is 12.1 Å². The van der Waals surface area contributed by atoms with Crippen LogP contribution in [0.1, 0.15) is 5.56 Å². The van der Waals surface area contributed by atoms with E-state index in [9.17, 15) is 13.2 Å². The lowest BCUT2D eigenvalue weighted by Gasteiger charge is -2.10. The fraction of sp³-hybridized carbons (Fsp3) is 0.250. The molecule has 0 unspecified atom stereocenters. The molecule has 0 aliphatic carbocycles. The summed E-state index contributed by atoms with van der Waals surface area (Å²) in [6, 6.07) is 1.87. The number of alkyl halides is 2. The number of hydrogen-bond donors (Lipinski definition) is 1. The van der Waals surface area contributed by atoms with E-state index < -0.39 is 24.1 Å². The van der Waals surface area contributed by atoms with Crippen LogP contribution in [0, 0.1) is 5.82 Å². The third-order valence-electron chi connectivity index (χ3n) is 1.53. The van der Waals surface area contributed by atoms with Crippen LogP contribution in [-0.2, 0) is 6.61 Å². The van der Waals surface area contributed by atoms with E-state index in [0.29, 0.717) is 0 Å². The van der Waals surface area contributed by atoms with E-state index in [2.05, 4.69) is 4.74 Å². The molecule has 6 heteroatoms. The molecular formula is C8H6ClF3O2. The van der Waals surface area contributed by atoms with Gasteiger partial charge in [-0.25, -0.2) is 4.39 Å². The highest BCUT2D eigenvalue weighted by Crippen LogP contribution is 2.29. The molecule has 0 fully saturated rings. The maximum atomic E-state index is 12.8. The van der Waals surface area contributed by atoms with Crippen molar-refractivity contribution in [2.24, 2.45) is 0 Å². The summed E-state index contributed by atoms with van der Waals surface area (Å²) in [7, 11) is 0. The van der Waals surface area contributed by atoms with Crippen LogP contribution >= 0.6 is 11.6 Å². The molecule has 1 N–H and O–H groups in total. The third kappa shape index (κ3) is 2.30. The molecule has 1 aromatic rings. The second-order valence-electron chi connectivity index (χ2n) is 2.37. The number of hydrogen-bond acceptors (Lipinski definition) is 2. The molecule has 0 bridgehead atoms. The van der Waals surface area contributed by atoms with Crippen molar-refractivity contribution in [2.75, 3.05) is 0 Å². The predicted octanol–water partition coefficient (Wildman–Crippen LogP) is 2.57. The van der Waals surface area contributed by atoms with Crippen molar-refractivity contribution >= 4 is 11.6 Å². The minimum atomic E-state index is -3.04. The van der Waals surface area contributed by atoms with Gasteiger partial charge in [0.15, 0.2) is 0 Å². The van der Waals surface area contributed by atoms with Crippen LogP contribution < -0.4 is 4.74 Å². The van der Waals surface area contributed by atoms with Crippen molar-refractivity contribution in [2.45, 2.75) is 13.2 Å². The fourth-order valence-corrected chi connectivity index (χ4v) is 1.14. The molecule has 0 heterocycles. The van der Waals surface area contributed by atoms with Gasteiger partial charge in [0.1, 0.15) is 11.6 Å². The topological polar surface area (TPSA) is 29.5 Å². The number of halogens is 4. The van der Waals surface area contributed by atoms with Gasteiger partial charge in [-0.1, -0.05) is 11.6 Å². The lowest BCUT2D eigenvalue weighted by Crippen LogP contribution is -2.05. The monoisotopic (exact) mass is 226 g/mol. The highest BCUT2D eigenvalue weighted by atomic mass is 35.5. The van der Waals surface area contributed by atoms with Crippen LogP contribution in [-0.4, -0.2) is 11.7 Å². The van der Waals surface area contributed by atoms with Crippen LogP contribution in [0.5, 0.6) is 5.75 Å². The van der Waals surface area contributed by atoms with Crippen molar-refractivity contribution in [3.05, 3.63) is 28.5 Å². The molecule has 78 valence electrons. The molecule has 0 radical (unpaired) electrons. The first-order chi connectivity index (χ1) is 6.56. The molecule has 0 aliphatic heterocycles. The van der Waals surface area contributed by atoms with Crippen LogP contribution in [0.15, 0.2) is 12.1 Å². The van der Waals surface area contributed by atoms with Crippen LogP contribution in [0.2, 0.25) is 5.02 Å². The van der Waals surface area contributed by atoms with E-state index in [1.54, 1.807) is 0 Å². The zero-order chi connectivity index (χ0) is 10.7. The lowest BCUT2D eigenvalue weighted by atomic mass is 10.2. The number of rotatable bonds is 3. The Morgan fingerprint density at radius 1 is 1.43 bits per heavy atom. The zero-order valence-electron chi connectivity index (χ0n) is 6.81. The first kappa shape index (κ1) is 11.1. The molecule has 0 aliphatic rings. The van der Waals surface area contributed by atoms with Gasteiger partial charge in [0.25, 0.3) is 0 Å². The van der Waals surface area contributed by atoms with Gasteiger partial charge in [-0.05, 0) is 12.1 Å². The molecule has 1 rings (SSSR count). The minimum absolute atomic E-state index is 0.188. The summed E-state index contributed by atoms with van der Waals surface area (Å²) in [6.45, 7) is -3.71. The molecule has 0 spiro atoms. The lowest BCUT2D eigenvalue weighted by molar-refractivity contribution is -0.0509. The van der Waals surface area contributed by atoms with Gasteiger partial charge in [-0.2, -0.15) is 8.78 Å². The van der Waals surface area contributed by atoms with Crippen molar-refractivity contribution in [1.29, 1.82) is 0 Å². The largest absolute Gasteiger partial charge is 0.434 e. The quantitative estimate of drug-likeness (QED) is 0.858. The van der Waals surface area contributed by atoms with Crippen molar-refractivity contribution in [3.63, 3.8) is 0 Å². The molecule has 1 aromatic carbocycles. The normalized spacial score (nSPS) is 10.7.